The summed E-state index contributed by atoms with van der Waals surface area (Å²) in [4.78, 5) is 25.7. The van der Waals surface area contributed by atoms with Gasteiger partial charge in [-0.2, -0.15) is 0 Å². The summed E-state index contributed by atoms with van der Waals surface area (Å²) in [7, 11) is 0. The van der Waals surface area contributed by atoms with Crippen LogP contribution in [0.5, 0.6) is 0 Å². The quantitative estimate of drug-likeness (QED) is 0.417. The van der Waals surface area contributed by atoms with Gasteiger partial charge in [0.2, 0.25) is 5.91 Å². The van der Waals surface area contributed by atoms with Crippen molar-refractivity contribution < 1.29 is 9.59 Å². The van der Waals surface area contributed by atoms with Crippen LogP contribution in [0.3, 0.4) is 0 Å². The van der Waals surface area contributed by atoms with Crippen molar-refractivity contribution in [3.05, 3.63) is 64.2 Å². The van der Waals surface area contributed by atoms with Crippen LogP contribution in [0.2, 0.25) is 0 Å². The minimum atomic E-state index is -0.0227. The Morgan fingerprint density at radius 2 is 1.82 bits per heavy atom. The zero-order valence-corrected chi connectivity index (χ0v) is 21.6. The minimum absolute atomic E-state index is 0. The molecule has 0 radical (unpaired) electrons. The molecule has 2 N–H and O–H groups in total. The summed E-state index contributed by atoms with van der Waals surface area (Å²) in [5.41, 5.74) is 6.47. The first kappa shape index (κ1) is 26.4. The van der Waals surface area contributed by atoms with Crippen LogP contribution >= 0.6 is 12.4 Å². The zero-order chi connectivity index (χ0) is 23.4. The molecule has 0 saturated heterocycles. The van der Waals surface area contributed by atoms with Gasteiger partial charge < -0.3 is 10.6 Å². The molecule has 0 spiro atoms. The van der Waals surface area contributed by atoms with Crippen LogP contribution in [0.4, 0.5) is 5.69 Å². The molecular weight excluding hydrogens is 444 g/mol. The Morgan fingerprint density at radius 1 is 1.06 bits per heavy atom. The second-order valence-electron chi connectivity index (χ2n) is 9.97. The molecule has 2 aromatic carbocycles. The highest BCUT2D eigenvalue weighted by molar-refractivity contribution is 6.06. The first-order valence-corrected chi connectivity index (χ1v) is 12.8. The number of fused-ring (bicyclic) bond motifs is 3. The van der Waals surface area contributed by atoms with Crippen molar-refractivity contribution in [1.82, 2.24) is 5.32 Å². The second kappa shape index (κ2) is 12.0. The van der Waals surface area contributed by atoms with Crippen LogP contribution in [0, 0.1) is 12.8 Å². The molecule has 2 aromatic rings. The molecule has 5 heteroatoms. The Balaban J connectivity index is 0.00000324. The van der Waals surface area contributed by atoms with E-state index in [1.54, 1.807) is 0 Å². The van der Waals surface area contributed by atoms with E-state index >= 15 is 0 Å². The lowest BCUT2D eigenvalue weighted by molar-refractivity contribution is -0.116. The average Bonchev–Trinajstić information content (AvgIpc) is 2.80. The maximum Gasteiger partial charge on any atom is 0.224 e. The molecule has 1 amide bonds. The van der Waals surface area contributed by atoms with Gasteiger partial charge >= 0.3 is 0 Å². The van der Waals surface area contributed by atoms with Crippen molar-refractivity contribution in [2.75, 3.05) is 5.32 Å². The molecule has 34 heavy (non-hydrogen) atoms. The number of ketones is 1. The van der Waals surface area contributed by atoms with Gasteiger partial charge in [0.15, 0.2) is 5.78 Å². The molecule has 1 aliphatic carbocycles. The third kappa shape index (κ3) is 5.90. The molecule has 3 atom stereocenters. The molecule has 0 bridgehead atoms. The molecule has 0 saturated carbocycles. The number of unbranched alkanes of at least 4 members (excludes halogenated alkanes) is 2. The average molecular weight is 483 g/mol. The van der Waals surface area contributed by atoms with E-state index in [0.717, 1.165) is 48.1 Å². The van der Waals surface area contributed by atoms with Gasteiger partial charge in [-0.05, 0) is 74.3 Å². The monoisotopic (exact) mass is 482 g/mol. The summed E-state index contributed by atoms with van der Waals surface area (Å²) < 4.78 is 0. The summed E-state index contributed by atoms with van der Waals surface area (Å²) in [5, 5.41) is 6.86. The van der Waals surface area contributed by atoms with Crippen LogP contribution in [0.25, 0.3) is 0 Å². The van der Waals surface area contributed by atoms with Crippen LogP contribution in [0.1, 0.15) is 85.0 Å². The number of anilines is 1. The number of amides is 1. The van der Waals surface area contributed by atoms with Gasteiger partial charge in [0.25, 0.3) is 0 Å². The topological polar surface area (TPSA) is 58.2 Å². The highest BCUT2D eigenvalue weighted by Crippen LogP contribution is 2.38. The number of hydrogen-bond acceptors (Lipinski definition) is 3. The highest BCUT2D eigenvalue weighted by Gasteiger charge is 2.36. The first-order chi connectivity index (χ1) is 16.0. The van der Waals surface area contributed by atoms with Crippen molar-refractivity contribution in [2.45, 2.75) is 90.6 Å². The summed E-state index contributed by atoms with van der Waals surface area (Å²) in [6.07, 6.45) is 8.74. The Morgan fingerprint density at radius 3 is 2.56 bits per heavy atom. The number of aryl methyl sites for hydroxylation is 1. The Hall–Kier alpha value is -2.17. The number of hydrogen-bond donors (Lipinski definition) is 2. The standard InChI is InChI=1S/C29H38N2O2.ClH/c1-4-5-7-12-22(18-21-10-8-6-9-11-21)30-20(3)24-14-13-23-19(2)17-26-25(28(23)29(24)33)15-16-27(32)31-26;/h6,8-11,17,20,22,24,30H,4-5,7,12-16,18H2,1-3H3,(H,31,32);1H. The molecule has 1 heterocycles. The fourth-order valence-corrected chi connectivity index (χ4v) is 5.71. The van der Waals surface area contributed by atoms with Gasteiger partial charge in [0.05, 0.1) is 0 Å². The van der Waals surface area contributed by atoms with E-state index in [4.69, 9.17) is 0 Å². The fourth-order valence-electron chi connectivity index (χ4n) is 5.71. The van der Waals surface area contributed by atoms with E-state index in [2.05, 4.69) is 67.8 Å². The van der Waals surface area contributed by atoms with Gasteiger partial charge in [0, 0.05) is 35.7 Å². The number of benzene rings is 2. The molecule has 0 fully saturated rings. The van der Waals surface area contributed by atoms with Crippen molar-refractivity contribution in [1.29, 1.82) is 0 Å². The number of carbonyl (C=O) groups excluding carboxylic acids is 2. The van der Waals surface area contributed by atoms with E-state index < -0.39 is 0 Å². The van der Waals surface area contributed by atoms with E-state index in [1.807, 2.05) is 0 Å². The first-order valence-electron chi connectivity index (χ1n) is 12.8. The normalized spacial score (nSPS) is 18.9. The molecule has 184 valence electrons. The minimum Gasteiger partial charge on any atom is -0.326 e. The van der Waals surface area contributed by atoms with Gasteiger partial charge in [-0.1, -0.05) is 56.5 Å². The Bertz CT molecular complexity index is 1000. The molecule has 4 rings (SSSR count). The van der Waals surface area contributed by atoms with E-state index in [9.17, 15) is 9.59 Å². The molecule has 2 aliphatic rings. The van der Waals surface area contributed by atoms with Crippen molar-refractivity contribution in [3.8, 4) is 0 Å². The van der Waals surface area contributed by atoms with E-state index in [1.165, 1.54) is 30.4 Å². The largest absolute Gasteiger partial charge is 0.326 e. The maximum absolute atomic E-state index is 13.8. The van der Waals surface area contributed by atoms with Crippen LogP contribution in [0.15, 0.2) is 36.4 Å². The predicted octanol–water partition coefficient (Wildman–Crippen LogP) is 6.22. The number of carbonyl (C=O) groups is 2. The third-order valence-electron chi connectivity index (χ3n) is 7.51. The lowest BCUT2D eigenvalue weighted by Gasteiger charge is -2.34. The van der Waals surface area contributed by atoms with Crippen LogP contribution in [-0.2, 0) is 24.1 Å². The van der Waals surface area contributed by atoms with Crippen molar-refractivity contribution >= 4 is 29.8 Å². The molecular formula is C29H39ClN2O2. The van der Waals surface area contributed by atoms with Crippen molar-refractivity contribution in [2.24, 2.45) is 5.92 Å². The molecule has 3 unspecified atom stereocenters. The molecule has 0 aromatic heterocycles. The predicted molar refractivity (Wildman–Crippen MR) is 142 cm³/mol. The Labute approximate surface area is 210 Å². The van der Waals surface area contributed by atoms with Gasteiger partial charge in [-0.15, -0.1) is 12.4 Å². The SMILES string of the molecule is CCCCCC(Cc1ccccc1)NC(C)C1CCc2c(C)cc3c(c2C1=O)CCC(=O)N3.Cl. The number of nitrogens with one attached hydrogen (secondary N) is 2. The van der Waals surface area contributed by atoms with Crippen LogP contribution in [-0.4, -0.2) is 23.8 Å². The van der Waals surface area contributed by atoms with Gasteiger partial charge in [0.1, 0.15) is 0 Å². The Kier molecular flexibility index (Phi) is 9.32. The van der Waals surface area contributed by atoms with Gasteiger partial charge in [-0.3, -0.25) is 9.59 Å². The van der Waals surface area contributed by atoms with E-state index in [0.29, 0.717) is 18.9 Å². The van der Waals surface area contributed by atoms with Gasteiger partial charge in [-0.25, -0.2) is 0 Å². The number of Topliss-reactive ketones (excluding diaryl/α,β-unsaturated/α-hetero) is 1. The third-order valence-corrected chi connectivity index (χ3v) is 7.51. The smallest absolute Gasteiger partial charge is 0.224 e. The summed E-state index contributed by atoms with van der Waals surface area (Å²) >= 11 is 0. The molecule has 1 aliphatic heterocycles. The summed E-state index contributed by atoms with van der Waals surface area (Å²) in [6.45, 7) is 6.50. The summed E-state index contributed by atoms with van der Waals surface area (Å²) in [5.74, 6) is 0.289. The second-order valence-corrected chi connectivity index (χ2v) is 9.97. The molecule has 4 nitrogen and oxygen atoms in total. The zero-order valence-electron chi connectivity index (χ0n) is 20.8. The lowest BCUT2D eigenvalue weighted by Crippen LogP contribution is -2.46. The number of halogens is 1. The number of rotatable bonds is 9. The van der Waals surface area contributed by atoms with Crippen molar-refractivity contribution in [3.63, 3.8) is 0 Å². The van der Waals surface area contributed by atoms with Crippen LogP contribution < -0.4 is 10.6 Å². The fraction of sp³-hybridized carbons (Fsp3) is 0.517. The lowest BCUT2D eigenvalue weighted by atomic mass is 9.74. The summed E-state index contributed by atoms with van der Waals surface area (Å²) in [6, 6.07) is 13.2. The van der Waals surface area contributed by atoms with E-state index in [-0.39, 0.29) is 36.1 Å². The maximum atomic E-state index is 13.8. The highest BCUT2D eigenvalue weighted by atomic mass is 35.5.